The maximum atomic E-state index is 11.5. The Morgan fingerprint density at radius 3 is 2.86 bits per heavy atom. The first-order chi connectivity index (χ1) is 10.8. The zero-order valence-electron chi connectivity index (χ0n) is 11.7. The first-order valence-corrected chi connectivity index (χ1v) is 7.28. The van der Waals surface area contributed by atoms with Crippen molar-refractivity contribution < 1.29 is 9.53 Å². The summed E-state index contributed by atoms with van der Waals surface area (Å²) in [4.78, 5) is 15.8. The van der Waals surface area contributed by atoms with Crippen LogP contribution < -0.4 is 5.32 Å². The molecule has 3 aromatic rings. The number of pyridine rings is 1. The van der Waals surface area contributed by atoms with E-state index in [1.165, 1.54) is 18.4 Å². The molecule has 0 aliphatic rings. The molecular formula is C15H12N4O2S. The molecule has 0 spiro atoms. The minimum Gasteiger partial charge on any atom is -0.465 e. The SMILES string of the molecule is COC(=O)c1cccc(Nc2nnc(-c3ccccn3)s2)c1. The lowest BCUT2D eigenvalue weighted by Crippen LogP contribution is -2.01. The number of nitrogens with one attached hydrogen (secondary N) is 1. The Labute approximate surface area is 130 Å². The molecule has 0 bridgehead atoms. The molecule has 0 unspecified atom stereocenters. The molecule has 0 amide bonds. The van der Waals surface area contributed by atoms with Crippen molar-refractivity contribution in [2.45, 2.75) is 0 Å². The average Bonchev–Trinajstić information content (AvgIpc) is 3.03. The number of anilines is 2. The largest absolute Gasteiger partial charge is 0.465 e. The lowest BCUT2D eigenvalue weighted by Gasteiger charge is -2.04. The topological polar surface area (TPSA) is 77.0 Å². The average molecular weight is 312 g/mol. The van der Waals surface area contributed by atoms with Gasteiger partial charge in [-0.25, -0.2) is 4.79 Å². The van der Waals surface area contributed by atoms with Crippen LogP contribution in [0.1, 0.15) is 10.4 Å². The third-order valence-electron chi connectivity index (χ3n) is 2.84. The molecule has 0 atom stereocenters. The number of methoxy groups -OCH3 is 1. The fourth-order valence-electron chi connectivity index (χ4n) is 1.83. The van der Waals surface area contributed by atoms with Gasteiger partial charge in [0, 0.05) is 11.9 Å². The van der Waals surface area contributed by atoms with Gasteiger partial charge in [0.2, 0.25) is 5.13 Å². The van der Waals surface area contributed by atoms with Gasteiger partial charge in [0.05, 0.1) is 12.7 Å². The van der Waals surface area contributed by atoms with Crippen molar-refractivity contribution >= 4 is 28.1 Å². The lowest BCUT2D eigenvalue weighted by atomic mass is 10.2. The Morgan fingerprint density at radius 1 is 1.18 bits per heavy atom. The van der Waals surface area contributed by atoms with Crippen LogP contribution in [0.4, 0.5) is 10.8 Å². The molecule has 7 heteroatoms. The van der Waals surface area contributed by atoms with Crippen molar-refractivity contribution in [3.05, 3.63) is 54.2 Å². The number of hydrogen-bond donors (Lipinski definition) is 1. The Balaban J connectivity index is 1.80. The van der Waals surface area contributed by atoms with Gasteiger partial charge in [-0.3, -0.25) is 4.98 Å². The van der Waals surface area contributed by atoms with Gasteiger partial charge < -0.3 is 10.1 Å². The second kappa shape index (κ2) is 6.31. The number of carbonyl (C=O) groups is 1. The molecule has 2 aromatic heterocycles. The van der Waals surface area contributed by atoms with Gasteiger partial charge in [-0.1, -0.05) is 23.5 Å². The molecule has 0 saturated heterocycles. The molecule has 0 fully saturated rings. The summed E-state index contributed by atoms with van der Waals surface area (Å²) in [6.07, 6.45) is 1.71. The zero-order chi connectivity index (χ0) is 15.4. The maximum absolute atomic E-state index is 11.5. The molecule has 0 aliphatic carbocycles. The van der Waals surface area contributed by atoms with Gasteiger partial charge in [0.1, 0.15) is 5.69 Å². The van der Waals surface area contributed by atoms with Crippen molar-refractivity contribution in [3.63, 3.8) is 0 Å². The highest BCUT2D eigenvalue weighted by atomic mass is 32.1. The van der Waals surface area contributed by atoms with E-state index in [1.807, 2.05) is 24.3 Å². The summed E-state index contributed by atoms with van der Waals surface area (Å²) in [5, 5.41) is 12.7. The third-order valence-corrected chi connectivity index (χ3v) is 3.71. The second-order valence-corrected chi connectivity index (χ2v) is 5.30. The summed E-state index contributed by atoms with van der Waals surface area (Å²) >= 11 is 1.39. The Morgan fingerprint density at radius 2 is 2.09 bits per heavy atom. The van der Waals surface area contributed by atoms with Gasteiger partial charge in [-0.2, -0.15) is 0 Å². The van der Waals surface area contributed by atoms with Crippen molar-refractivity contribution in [1.29, 1.82) is 0 Å². The summed E-state index contributed by atoms with van der Waals surface area (Å²) in [6.45, 7) is 0. The number of esters is 1. The predicted molar refractivity (Wildman–Crippen MR) is 84.2 cm³/mol. The van der Waals surface area contributed by atoms with Crippen LogP contribution in [0.5, 0.6) is 0 Å². The number of aromatic nitrogens is 3. The molecule has 0 radical (unpaired) electrons. The van der Waals surface area contributed by atoms with Gasteiger partial charge in [0.25, 0.3) is 0 Å². The molecule has 1 N–H and O–H groups in total. The van der Waals surface area contributed by atoms with Crippen LogP contribution >= 0.6 is 11.3 Å². The summed E-state index contributed by atoms with van der Waals surface area (Å²) in [5.74, 6) is -0.380. The normalized spacial score (nSPS) is 10.2. The van der Waals surface area contributed by atoms with E-state index >= 15 is 0 Å². The van der Waals surface area contributed by atoms with E-state index in [0.29, 0.717) is 10.7 Å². The zero-order valence-corrected chi connectivity index (χ0v) is 12.5. The predicted octanol–water partition coefficient (Wildman–Crippen LogP) is 3.13. The minimum absolute atomic E-state index is 0.380. The maximum Gasteiger partial charge on any atom is 0.337 e. The van der Waals surface area contributed by atoms with Crippen LogP contribution in [0.25, 0.3) is 10.7 Å². The smallest absolute Gasteiger partial charge is 0.337 e. The molecule has 0 saturated carbocycles. The highest BCUT2D eigenvalue weighted by Gasteiger charge is 2.09. The summed E-state index contributed by atoms with van der Waals surface area (Å²) in [5.41, 5.74) is 1.99. The number of carbonyl (C=O) groups excluding carboxylic acids is 1. The van der Waals surface area contributed by atoms with E-state index < -0.39 is 0 Å². The van der Waals surface area contributed by atoms with Crippen molar-refractivity contribution in [2.75, 3.05) is 12.4 Å². The first-order valence-electron chi connectivity index (χ1n) is 6.46. The van der Waals surface area contributed by atoms with Crippen LogP contribution in [-0.4, -0.2) is 28.3 Å². The summed E-state index contributed by atoms with van der Waals surface area (Å²) in [7, 11) is 1.35. The van der Waals surface area contributed by atoms with E-state index in [-0.39, 0.29) is 5.97 Å². The standard InChI is InChI=1S/C15H12N4O2S/c1-21-14(20)10-5-4-6-11(9-10)17-15-19-18-13(22-15)12-7-2-3-8-16-12/h2-9H,1H3,(H,17,19). The van der Waals surface area contributed by atoms with Gasteiger partial charge in [0.15, 0.2) is 5.01 Å². The van der Waals surface area contributed by atoms with Crippen LogP contribution in [0.3, 0.4) is 0 Å². The van der Waals surface area contributed by atoms with Crippen LogP contribution in [-0.2, 0) is 4.74 Å². The fourth-order valence-corrected chi connectivity index (χ4v) is 2.57. The van der Waals surface area contributed by atoms with E-state index in [1.54, 1.807) is 24.4 Å². The Bertz CT molecular complexity index is 789. The fraction of sp³-hybridized carbons (Fsp3) is 0.0667. The van der Waals surface area contributed by atoms with E-state index in [0.717, 1.165) is 16.4 Å². The molecule has 1 aromatic carbocycles. The monoisotopic (exact) mass is 312 g/mol. The van der Waals surface area contributed by atoms with Crippen molar-refractivity contribution in [2.24, 2.45) is 0 Å². The second-order valence-electron chi connectivity index (χ2n) is 4.32. The Kier molecular flexibility index (Phi) is 4.06. The lowest BCUT2D eigenvalue weighted by molar-refractivity contribution is 0.0601. The van der Waals surface area contributed by atoms with Crippen molar-refractivity contribution in [3.8, 4) is 10.7 Å². The first kappa shape index (κ1) is 14.2. The van der Waals surface area contributed by atoms with E-state index in [4.69, 9.17) is 4.74 Å². The number of hydrogen-bond acceptors (Lipinski definition) is 7. The van der Waals surface area contributed by atoms with Crippen LogP contribution in [0.15, 0.2) is 48.7 Å². The third kappa shape index (κ3) is 3.09. The molecule has 3 rings (SSSR count). The Hall–Kier alpha value is -2.80. The van der Waals surface area contributed by atoms with E-state index in [2.05, 4.69) is 20.5 Å². The van der Waals surface area contributed by atoms with Crippen molar-refractivity contribution in [1.82, 2.24) is 15.2 Å². The summed E-state index contributed by atoms with van der Waals surface area (Å²) in [6, 6.07) is 12.6. The highest BCUT2D eigenvalue weighted by molar-refractivity contribution is 7.18. The molecule has 0 aliphatic heterocycles. The molecule has 22 heavy (non-hydrogen) atoms. The van der Waals surface area contributed by atoms with Crippen LogP contribution in [0, 0.1) is 0 Å². The van der Waals surface area contributed by atoms with E-state index in [9.17, 15) is 4.79 Å². The number of nitrogens with zero attached hydrogens (tertiary/aromatic N) is 3. The van der Waals surface area contributed by atoms with Gasteiger partial charge >= 0.3 is 5.97 Å². The number of rotatable bonds is 4. The molecular weight excluding hydrogens is 300 g/mol. The molecule has 2 heterocycles. The highest BCUT2D eigenvalue weighted by Crippen LogP contribution is 2.27. The van der Waals surface area contributed by atoms with Crippen LogP contribution in [0.2, 0.25) is 0 Å². The minimum atomic E-state index is -0.380. The van der Waals surface area contributed by atoms with Gasteiger partial charge in [-0.05, 0) is 30.3 Å². The molecule has 6 nitrogen and oxygen atoms in total. The number of ether oxygens (including phenoxy) is 1. The molecule has 110 valence electrons. The summed E-state index contributed by atoms with van der Waals surface area (Å²) < 4.78 is 4.70. The quantitative estimate of drug-likeness (QED) is 0.746. The number of benzene rings is 1. The van der Waals surface area contributed by atoms with Gasteiger partial charge in [-0.15, -0.1) is 10.2 Å².